The van der Waals surface area contributed by atoms with Crippen molar-refractivity contribution in [3.63, 3.8) is 0 Å². The molecule has 0 aromatic carbocycles. The molecule has 3 N–H and O–H groups in total. The number of rotatable bonds is 8. The normalized spacial score (nSPS) is 13.6. The quantitative estimate of drug-likeness (QED) is 0.626. The number of hydrogen-bond acceptors (Lipinski definition) is 2. The van der Waals surface area contributed by atoms with E-state index in [1.165, 1.54) is 0 Å². The molecule has 0 aromatic heterocycles. The van der Waals surface area contributed by atoms with Gasteiger partial charge in [0.05, 0.1) is 5.41 Å². The van der Waals surface area contributed by atoms with Crippen molar-refractivity contribution in [3.05, 3.63) is 0 Å². The van der Waals surface area contributed by atoms with Gasteiger partial charge in [-0.2, -0.15) is 0 Å². The zero-order valence-electron chi connectivity index (χ0n) is 11.3. The maximum atomic E-state index is 12.3. The third kappa shape index (κ3) is 3.48. The van der Waals surface area contributed by atoms with Crippen molar-refractivity contribution in [1.82, 2.24) is 5.32 Å². The van der Waals surface area contributed by atoms with Gasteiger partial charge in [-0.3, -0.25) is 4.79 Å². The summed E-state index contributed by atoms with van der Waals surface area (Å²) < 4.78 is 0. The lowest BCUT2D eigenvalue weighted by atomic mass is 9.70. The summed E-state index contributed by atoms with van der Waals surface area (Å²) in [6, 6.07) is 0. The lowest BCUT2D eigenvalue weighted by molar-refractivity contribution is -0.134. The Balaban J connectivity index is 4.56. The van der Waals surface area contributed by atoms with Gasteiger partial charge < -0.3 is 11.1 Å². The predicted molar refractivity (Wildman–Crippen MR) is 69.2 cm³/mol. The minimum atomic E-state index is -0.191. The highest BCUT2D eigenvalue weighted by atomic mass is 16.2. The minimum Gasteiger partial charge on any atom is -0.356 e. The summed E-state index contributed by atoms with van der Waals surface area (Å²) in [4.78, 5) is 12.3. The number of hydrogen-bond donors (Lipinski definition) is 2. The van der Waals surface area contributed by atoms with Gasteiger partial charge in [0.25, 0.3) is 0 Å². The van der Waals surface area contributed by atoms with E-state index in [4.69, 9.17) is 5.73 Å². The summed E-state index contributed by atoms with van der Waals surface area (Å²) in [5, 5.41) is 3.02. The van der Waals surface area contributed by atoms with Gasteiger partial charge in [-0.05, 0) is 31.7 Å². The number of carbonyl (C=O) groups is 1. The van der Waals surface area contributed by atoms with Crippen molar-refractivity contribution in [1.29, 1.82) is 0 Å². The van der Waals surface area contributed by atoms with Gasteiger partial charge in [-0.25, -0.2) is 0 Å². The lowest BCUT2D eigenvalue weighted by Gasteiger charge is -2.35. The molecule has 96 valence electrons. The molecule has 3 heteroatoms. The van der Waals surface area contributed by atoms with Crippen LogP contribution in [-0.2, 0) is 4.79 Å². The molecule has 16 heavy (non-hydrogen) atoms. The number of amides is 1. The van der Waals surface area contributed by atoms with Crippen LogP contribution < -0.4 is 11.1 Å². The molecule has 0 spiro atoms. The van der Waals surface area contributed by atoms with Crippen LogP contribution in [0, 0.1) is 11.3 Å². The summed E-state index contributed by atoms with van der Waals surface area (Å²) in [6.45, 7) is 9.88. The molecule has 0 aromatic rings. The second-order valence-corrected chi connectivity index (χ2v) is 4.57. The van der Waals surface area contributed by atoms with Crippen molar-refractivity contribution >= 4 is 5.91 Å². The van der Waals surface area contributed by atoms with Crippen LogP contribution in [-0.4, -0.2) is 19.0 Å². The van der Waals surface area contributed by atoms with Crippen LogP contribution in [0.4, 0.5) is 0 Å². The zero-order valence-corrected chi connectivity index (χ0v) is 11.3. The Morgan fingerprint density at radius 1 is 1.31 bits per heavy atom. The Hall–Kier alpha value is -0.570. The number of nitrogens with two attached hydrogens (primary N) is 1. The van der Waals surface area contributed by atoms with Crippen LogP contribution in [0.5, 0.6) is 0 Å². The molecule has 0 bridgehead atoms. The van der Waals surface area contributed by atoms with Crippen molar-refractivity contribution < 1.29 is 4.79 Å². The molecule has 0 fully saturated rings. The molecule has 0 saturated heterocycles. The Morgan fingerprint density at radius 2 is 1.88 bits per heavy atom. The molecule has 0 aliphatic rings. The minimum absolute atomic E-state index is 0.191. The first-order chi connectivity index (χ1) is 7.58. The van der Waals surface area contributed by atoms with Crippen LogP contribution in [0.15, 0.2) is 0 Å². The fraction of sp³-hybridized carbons (Fsp3) is 0.923. The van der Waals surface area contributed by atoms with Crippen molar-refractivity contribution in [2.75, 3.05) is 13.1 Å². The molecule has 1 atom stereocenters. The van der Waals surface area contributed by atoms with Gasteiger partial charge in [-0.15, -0.1) is 0 Å². The Labute approximate surface area is 100 Å². The Morgan fingerprint density at radius 3 is 2.25 bits per heavy atom. The standard InChI is InChI=1S/C13H28N2O/c1-5-11(4)13(6-2,7-3)12(16)15-10-8-9-14/h11H,5-10,14H2,1-4H3,(H,15,16). The zero-order chi connectivity index (χ0) is 12.6. The molecule has 0 saturated carbocycles. The van der Waals surface area contributed by atoms with Crippen molar-refractivity contribution in [2.45, 2.75) is 53.4 Å². The number of carbonyl (C=O) groups excluding carboxylic acids is 1. The van der Waals surface area contributed by atoms with E-state index in [2.05, 4.69) is 33.0 Å². The molecule has 1 unspecified atom stereocenters. The topological polar surface area (TPSA) is 55.1 Å². The highest BCUT2D eigenvalue weighted by molar-refractivity contribution is 5.82. The molecule has 0 aliphatic heterocycles. The molecule has 0 rings (SSSR count). The maximum absolute atomic E-state index is 12.3. The van der Waals surface area contributed by atoms with Gasteiger partial charge in [0, 0.05) is 6.54 Å². The van der Waals surface area contributed by atoms with E-state index >= 15 is 0 Å². The Bertz CT molecular complexity index is 200. The third-order valence-corrected chi connectivity index (χ3v) is 3.94. The van der Waals surface area contributed by atoms with Gasteiger partial charge >= 0.3 is 0 Å². The van der Waals surface area contributed by atoms with Crippen LogP contribution in [0.25, 0.3) is 0 Å². The largest absolute Gasteiger partial charge is 0.356 e. The van der Waals surface area contributed by atoms with Crippen LogP contribution in [0.2, 0.25) is 0 Å². The fourth-order valence-corrected chi connectivity index (χ4v) is 2.36. The van der Waals surface area contributed by atoms with Crippen molar-refractivity contribution in [3.8, 4) is 0 Å². The summed E-state index contributed by atoms with van der Waals surface area (Å²) in [5.41, 5.74) is 5.23. The molecule has 3 nitrogen and oxygen atoms in total. The highest BCUT2D eigenvalue weighted by Gasteiger charge is 2.38. The summed E-state index contributed by atoms with van der Waals surface area (Å²) in [6.07, 6.45) is 3.72. The Kier molecular flexibility index (Phi) is 7.39. The highest BCUT2D eigenvalue weighted by Crippen LogP contribution is 2.37. The van der Waals surface area contributed by atoms with E-state index in [9.17, 15) is 4.79 Å². The van der Waals surface area contributed by atoms with E-state index in [1.54, 1.807) is 0 Å². The summed E-state index contributed by atoms with van der Waals surface area (Å²) >= 11 is 0. The molecule has 0 radical (unpaired) electrons. The first-order valence-corrected chi connectivity index (χ1v) is 6.57. The summed E-state index contributed by atoms with van der Waals surface area (Å²) in [5.74, 6) is 0.640. The molecule has 0 aliphatic carbocycles. The van der Waals surface area contributed by atoms with Gasteiger partial charge in [0.2, 0.25) is 5.91 Å². The molecular formula is C13H28N2O. The first-order valence-electron chi connectivity index (χ1n) is 6.57. The monoisotopic (exact) mass is 228 g/mol. The molecular weight excluding hydrogens is 200 g/mol. The third-order valence-electron chi connectivity index (χ3n) is 3.94. The predicted octanol–water partition coefficient (Wildman–Crippen LogP) is 2.30. The average Bonchev–Trinajstić information content (AvgIpc) is 2.31. The lowest BCUT2D eigenvalue weighted by Crippen LogP contribution is -2.45. The fourth-order valence-electron chi connectivity index (χ4n) is 2.36. The summed E-state index contributed by atoms with van der Waals surface area (Å²) in [7, 11) is 0. The van der Waals surface area contributed by atoms with E-state index < -0.39 is 0 Å². The average molecular weight is 228 g/mol. The number of nitrogens with one attached hydrogen (secondary N) is 1. The second kappa shape index (κ2) is 7.66. The maximum Gasteiger partial charge on any atom is 0.226 e. The van der Waals surface area contributed by atoms with E-state index in [1.807, 2.05) is 0 Å². The first kappa shape index (κ1) is 15.4. The van der Waals surface area contributed by atoms with Crippen LogP contribution in [0.3, 0.4) is 0 Å². The van der Waals surface area contributed by atoms with E-state index in [0.29, 0.717) is 19.0 Å². The van der Waals surface area contributed by atoms with Crippen molar-refractivity contribution in [2.24, 2.45) is 17.1 Å². The molecule has 1 amide bonds. The second-order valence-electron chi connectivity index (χ2n) is 4.57. The molecule has 0 heterocycles. The van der Waals surface area contributed by atoms with E-state index in [-0.39, 0.29) is 11.3 Å². The van der Waals surface area contributed by atoms with E-state index in [0.717, 1.165) is 25.7 Å². The SMILES string of the molecule is CCC(C)C(CC)(CC)C(=O)NCCCN. The van der Waals surface area contributed by atoms with Crippen LogP contribution >= 0.6 is 0 Å². The van der Waals surface area contributed by atoms with Crippen LogP contribution in [0.1, 0.15) is 53.4 Å². The smallest absolute Gasteiger partial charge is 0.226 e. The van der Waals surface area contributed by atoms with Gasteiger partial charge in [-0.1, -0.05) is 34.1 Å². The van der Waals surface area contributed by atoms with Gasteiger partial charge in [0.15, 0.2) is 0 Å². The van der Waals surface area contributed by atoms with Gasteiger partial charge in [0.1, 0.15) is 0 Å².